The molecule has 140 valence electrons. The van der Waals surface area contributed by atoms with Crippen molar-refractivity contribution in [1.82, 2.24) is 20.0 Å². The molecule has 2 fully saturated rings. The number of hydrogen-bond donors (Lipinski definition) is 1. The normalized spacial score (nSPS) is 22.6. The summed E-state index contributed by atoms with van der Waals surface area (Å²) in [4.78, 5) is 7.22. The Balaban J connectivity index is 1.53. The van der Waals surface area contributed by atoms with E-state index < -0.39 is 0 Å². The molecule has 3 rings (SSSR count). The minimum absolute atomic E-state index is 0.0739. The first kappa shape index (κ1) is 18.2. The van der Waals surface area contributed by atoms with Crippen molar-refractivity contribution in [3.63, 3.8) is 0 Å². The first-order chi connectivity index (χ1) is 12.3. The van der Waals surface area contributed by atoms with Gasteiger partial charge in [-0.15, -0.1) is 0 Å². The van der Waals surface area contributed by atoms with Gasteiger partial charge >= 0.3 is 0 Å². The van der Waals surface area contributed by atoms with Crippen LogP contribution in [0.25, 0.3) is 0 Å². The summed E-state index contributed by atoms with van der Waals surface area (Å²) in [6, 6.07) is 0. The summed E-state index contributed by atoms with van der Waals surface area (Å²) in [5, 5.41) is 7.73. The lowest BCUT2D eigenvalue weighted by Gasteiger charge is -2.34. The minimum Gasteiger partial charge on any atom is -0.370 e. The number of guanidine groups is 1. The van der Waals surface area contributed by atoms with Crippen molar-refractivity contribution in [2.45, 2.75) is 51.6 Å². The number of aromatic nitrogens is 2. The van der Waals surface area contributed by atoms with Gasteiger partial charge in [0.1, 0.15) is 6.10 Å². The molecule has 1 saturated carbocycles. The van der Waals surface area contributed by atoms with Crippen LogP contribution in [0.2, 0.25) is 0 Å². The maximum Gasteiger partial charge on any atom is 0.194 e. The molecule has 0 aromatic carbocycles. The molecule has 1 atom stereocenters. The van der Waals surface area contributed by atoms with Gasteiger partial charge in [0.25, 0.3) is 0 Å². The molecule has 1 aliphatic carbocycles. The first-order valence-corrected chi connectivity index (χ1v) is 9.89. The molecular formula is C19H33N5O. The van der Waals surface area contributed by atoms with Gasteiger partial charge in [-0.1, -0.05) is 25.7 Å². The van der Waals surface area contributed by atoms with E-state index in [0.717, 1.165) is 50.2 Å². The molecular weight excluding hydrogens is 314 g/mol. The molecule has 0 radical (unpaired) electrons. The molecule has 1 saturated heterocycles. The standard InChI is InChI=1S/C19H33N5O/c1-3-20-19(21-10-6-9-16-7-4-5-8-16)24-11-12-25-18(15-24)17-13-22-23(2)14-17/h13-14,16,18H,3-12,15H2,1-2H3,(H,20,21). The fourth-order valence-electron chi connectivity index (χ4n) is 3.94. The van der Waals surface area contributed by atoms with E-state index in [0.29, 0.717) is 0 Å². The Kier molecular flexibility index (Phi) is 6.73. The Labute approximate surface area is 151 Å². The maximum absolute atomic E-state index is 5.95. The van der Waals surface area contributed by atoms with Gasteiger partial charge in [0.2, 0.25) is 0 Å². The van der Waals surface area contributed by atoms with Crippen LogP contribution < -0.4 is 5.32 Å². The molecule has 6 heteroatoms. The Morgan fingerprint density at radius 2 is 2.24 bits per heavy atom. The smallest absolute Gasteiger partial charge is 0.194 e. The summed E-state index contributed by atoms with van der Waals surface area (Å²) in [6.45, 7) is 6.41. The molecule has 0 bridgehead atoms. The zero-order valence-electron chi connectivity index (χ0n) is 15.8. The Morgan fingerprint density at radius 3 is 2.96 bits per heavy atom. The fourth-order valence-corrected chi connectivity index (χ4v) is 3.94. The van der Waals surface area contributed by atoms with Gasteiger partial charge < -0.3 is 15.0 Å². The van der Waals surface area contributed by atoms with Gasteiger partial charge in [0, 0.05) is 38.4 Å². The number of ether oxygens (including phenoxy) is 1. The monoisotopic (exact) mass is 347 g/mol. The van der Waals surface area contributed by atoms with E-state index in [2.05, 4.69) is 22.2 Å². The predicted octanol–water partition coefficient (Wildman–Crippen LogP) is 2.73. The van der Waals surface area contributed by atoms with Crippen molar-refractivity contribution in [1.29, 1.82) is 0 Å². The van der Waals surface area contributed by atoms with Gasteiger partial charge in [-0.05, 0) is 25.7 Å². The van der Waals surface area contributed by atoms with E-state index in [1.807, 2.05) is 24.1 Å². The largest absolute Gasteiger partial charge is 0.370 e. The van der Waals surface area contributed by atoms with Crippen molar-refractivity contribution in [2.75, 3.05) is 32.8 Å². The van der Waals surface area contributed by atoms with Gasteiger partial charge in [-0.3, -0.25) is 9.67 Å². The second kappa shape index (κ2) is 9.22. The van der Waals surface area contributed by atoms with Crippen LogP contribution in [0.5, 0.6) is 0 Å². The third kappa shape index (κ3) is 5.21. The lowest BCUT2D eigenvalue weighted by Crippen LogP contribution is -2.48. The summed E-state index contributed by atoms with van der Waals surface area (Å²) in [5.41, 5.74) is 1.14. The van der Waals surface area contributed by atoms with Crippen LogP contribution in [0, 0.1) is 5.92 Å². The number of aryl methyl sites for hydroxylation is 1. The number of nitrogens with one attached hydrogen (secondary N) is 1. The Morgan fingerprint density at radius 1 is 1.40 bits per heavy atom. The summed E-state index contributed by atoms with van der Waals surface area (Å²) in [6.07, 6.45) is 12.3. The minimum atomic E-state index is 0.0739. The maximum atomic E-state index is 5.95. The van der Waals surface area contributed by atoms with E-state index in [9.17, 15) is 0 Å². The van der Waals surface area contributed by atoms with Crippen molar-refractivity contribution in [3.05, 3.63) is 18.0 Å². The van der Waals surface area contributed by atoms with E-state index in [1.165, 1.54) is 38.5 Å². The highest BCUT2D eigenvalue weighted by molar-refractivity contribution is 5.80. The van der Waals surface area contributed by atoms with Crippen molar-refractivity contribution in [3.8, 4) is 0 Å². The number of hydrogen-bond acceptors (Lipinski definition) is 3. The average Bonchev–Trinajstić information content (AvgIpc) is 3.29. The summed E-state index contributed by atoms with van der Waals surface area (Å²) in [7, 11) is 1.94. The van der Waals surface area contributed by atoms with Gasteiger partial charge in [0.05, 0.1) is 19.3 Å². The van der Waals surface area contributed by atoms with Crippen LogP contribution in [0.4, 0.5) is 0 Å². The fraction of sp³-hybridized carbons (Fsp3) is 0.789. The number of nitrogens with zero attached hydrogens (tertiary/aromatic N) is 4. The van der Waals surface area contributed by atoms with Crippen LogP contribution in [-0.2, 0) is 11.8 Å². The molecule has 1 aromatic heterocycles. The third-order valence-corrected chi connectivity index (χ3v) is 5.30. The average molecular weight is 348 g/mol. The number of aliphatic imine (C=N–C) groups is 1. The second-order valence-electron chi connectivity index (χ2n) is 7.28. The highest BCUT2D eigenvalue weighted by atomic mass is 16.5. The van der Waals surface area contributed by atoms with Crippen molar-refractivity contribution < 1.29 is 4.74 Å². The van der Waals surface area contributed by atoms with Crippen LogP contribution in [0.3, 0.4) is 0 Å². The number of rotatable bonds is 6. The van der Waals surface area contributed by atoms with E-state index in [1.54, 1.807) is 0 Å². The van der Waals surface area contributed by atoms with E-state index >= 15 is 0 Å². The van der Waals surface area contributed by atoms with Crippen LogP contribution in [0.15, 0.2) is 17.4 Å². The van der Waals surface area contributed by atoms with Crippen LogP contribution in [0.1, 0.15) is 57.1 Å². The third-order valence-electron chi connectivity index (χ3n) is 5.30. The van der Waals surface area contributed by atoms with Gasteiger partial charge in [-0.25, -0.2) is 0 Å². The lowest BCUT2D eigenvalue weighted by atomic mass is 10.0. The highest BCUT2D eigenvalue weighted by Gasteiger charge is 2.25. The molecule has 1 N–H and O–H groups in total. The SMILES string of the molecule is CCNC(=NCCCC1CCCC1)N1CCOC(c2cnn(C)c2)C1. The zero-order chi connectivity index (χ0) is 17.5. The number of morpholine rings is 1. The highest BCUT2D eigenvalue weighted by Crippen LogP contribution is 2.28. The topological polar surface area (TPSA) is 54.7 Å². The first-order valence-electron chi connectivity index (χ1n) is 9.89. The molecule has 6 nitrogen and oxygen atoms in total. The molecule has 1 unspecified atom stereocenters. The lowest BCUT2D eigenvalue weighted by molar-refractivity contribution is -0.00804. The summed E-state index contributed by atoms with van der Waals surface area (Å²) in [5.74, 6) is 1.99. The van der Waals surface area contributed by atoms with Crippen molar-refractivity contribution >= 4 is 5.96 Å². The van der Waals surface area contributed by atoms with Gasteiger partial charge in [-0.2, -0.15) is 5.10 Å². The summed E-state index contributed by atoms with van der Waals surface area (Å²) < 4.78 is 7.78. The van der Waals surface area contributed by atoms with E-state index in [-0.39, 0.29) is 6.10 Å². The Bertz CT molecular complexity index is 550. The van der Waals surface area contributed by atoms with Gasteiger partial charge in [0.15, 0.2) is 5.96 Å². The van der Waals surface area contributed by atoms with Crippen LogP contribution >= 0.6 is 0 Å². The molecule has 2 heterocycles. The zero-order valence-corrected chi connectivity index (χ0v) is 15.8. The predicted molar refractivity (Wildman–Crippen MR) is 101 cm³/mol. The molecule has 1 aliphatic heterocycles. The molecule has 1 aromatic rings. The molecule has 2 aliphatic rings. The van der Waals surface area contributed by atoms with Crippen LogP contribution in [-0.4, -0.2) is 53.4 Å². The van der Waals surface area contributed by atoms with Crippen molar-refractivity contribution in [2.24, 2.45) is 18.0 Å². The Hall–Kier alpha value is -1.56. The van der Waals surface area contributed by atoms with E-state index in [4.69, 9.17) is 9.73 Å². The molecule has 0 spiro atoms. The summed E-state index contributed by atoms with van der Waals surface area (Å²) >= 11 is 0. The second-order valence-corrected chi connectivity index (χ2v) is 7.28. The molecule has 25 heavy (non-hydrogen) atoms. The molecule has 0 amide bonds. The quantitative estimate of drug-likeness (QED) is 0.488.